The Morgan fingerprint density at radius 2 is 2.04 bits per heavy atom. The lowest BCUT2D eigenvalue weighted by Crippen LogP contribution is -2.24. The fraction of sp³-hybridized carbons (Fsp3) is 0.211. The molecule has 0 unspecified atom stereocenters. The van der Waals surface area contributed by atoms with Crippen molar-refractivity contribution in [3.05, 3.63) is 60.0 Å². The Balaban J connectivity index is 0.00000196. The summed E-state index contributed by atoms with van der Waals surface area (Å²) in [4.78, 5) is 29.4. The Kier molecular flexibility index (Phi) is 4.03. The van der Waals surface area contributed by atoms with Gasteiger partial charge in [0.1, 0.15) is 0 Å². The number of para-hydroxylation sites is 1. The molecule has 4 rings (SSSR count). The number of aromatic nitrogens is 2. The average molecular weight is 336 g/mol. The van der Waals surface area contributed by atoms with Gasteiger partial charge in [-0.25, -0.2) is 0 Å². The SMILES string of the molecule is O=C(Nc1cccnc1)C(=O)c1c2n(c3ccccc13)CCNCC2.[HH]. The number of carbonyl (C=O) groups is 2. The zero-order chi connectivity index (χ0) is 17.2. The predicted octanol–water partition coefficient (Wildman–Crippen LogP) is 2.25. The highest BCUT2D eigenvalue weighted by molar-refractivity contribution is 6.48. The van der Waals surface area contributed by atoms with Crippen LogP contribution in [0.25, 0.3) is 10.9 Å². The topological polar surface area (TPSA) is 76.0 Å². The fourth-order valence-electron chi connectivity index (χ4n) is 3.39. The molecule has 1 aliphatic heterocycles. The minimum Gasteiger partial charge on any atom is -0.343 e. The zero-order valence-electron chi connectivity index (χ0n) is 13.7. The standard InChI is InChI=1S/C19H18N4O2.H2/c24-18(19(25)22-13-4-3-8-21-12-13)17-14-5-1-2-6-15(14)23-11-10-20-9-7-16(17)23;/h1-6,8,12,20H,7,9-11H2,(H,22,25);1H. The maximum atomic E-state index is 12.9. The molecule has 2 aromatic heterocycles. The molecule has 0 atom stereocenters. The summed E-state index contributed by atoms with van der Waals surface area (Å²) in [5.41, 5.74) is 2.95. The highest BCUT2D eigenvalue weighted by Gasteiger charge is 2.27. The minimum absolute atomic E-state index is 0. The van der Waals surface area contributed by atoms with E-state index < -0.39 is 11.7 Å². The third-order valence-electron chi connectivity index (χ3n) is 4.48. The van der Waals surface area contributed by atoms with Crippen molar-refractivity contribution >= 4 is 28.3 Å². The van der Waals surface area contributed by atoms with Crippen LogP contribution in [-0.2, 0) is 17.8 Å². The molecule has 0 saturated carbocycles. The lowest BCUT2D eigenvalue weighted by Gasteiger charge is -2.07. The number of pyridine rings is 1. The summed E-state index contributed by atoms with van der Waals surface area (Å²) in [5.74, 6) is -1.14. The number of Topliss-reactive ketones (excluding diaryl/α,β-unsaturated/α-hetero) is 1. The molecule has 1 amide bonds. The van der Waals surface area contributed by atoms with Crippen molar-refractivity contribution in [1.29, 1.82) is 0 Å². The van der Waals surface area contributed by atoms with E-state index in [1.54, 1.807) is 18.3 Å². The Hall–Kier alpha value is -2.99. The Morgan fingerprint density at radius 3 is 2.88 bits per heavy atom. The second-order valence-electron chi connectivity index (χ2n) is 6.02. The first-order valence-corrected chi connectivity index (χ1v) is 8.32. The van der Waals surface area contributed by atoms with E-state index in [1.807, 2.05) is 24.3 Å². The summed E-state index contributed by atoms with van der Waals surface area (Å²) >= 11 is 0. The van der Waals surface area contributed by atoms with Crippen LogP contribution in [0.3, 0.4) is 0 Å². The van der Waals surface area contributed by atoms with E-state index in [0.29, 0.717) is 11.3 Å². The lowest BCUT2D eigenvalue weighted by atomic mass is 10.0. The molecule has 0 radical (unpaired) electrons. The third-order valence-corrected chi connectivity index (χ3v) is 4.48. The van der Waals surface area contributed by atoms with Gasteiger partial charge in [0, 0.05) is 50.3 Å². The number of anilines is 1. The van der Waals surface area contributed by atoms with Crippen LogP contribution < -0.4 is 10.6 Å². The Labute approximate surface area is 146 Å². The average Bonchev–Trinajstić information content (AvgIpc) is 2.79. The molecule has 1 aliphatic rings. The van der Waals surface area contributed by atoms with Gasteiger partial charge in [-0.3, -0.25) is 14.6 Å². The quantitative estimate of drug-likeness (QED) is 0.568. The molecule has 3 heterocycles. The second-order valence-corrected chi connectivity index (χ2v) is 6.02. The van der Waals surface area contributed by atoms with E-state index in [2.05, 4.69) is 20.2 Å². The van der Waals surface area contributed by atoms with E-state index in [9.17, 15) is 9.59 Å². The number of benzene rings is 1. The number of nitrogens with zero attached hydrogens (tertiary/aromatic N) is 2. The van der Waals surface area contributed by atoms with Crippen LogP contribution in [0.4, 0.5) is 5.69 Å². The van der Waals surface area contributed by atoms with Gasteiger partial charge >= 0.3 is 0 Å². The van der Waals surface area contributed by atoms with Crippen molar-refractivity contribution in [3.63, 3.8) is 0 Å². The molecule has 3 aromatic rings. The van der Waals surface area contributed by atoms with Crippen LogP contribution in [0.2, 0.25) is 0 Å². The second kappa shape index (κ2) is 6.49. The molecule has 2 N–H and O–H groups in total. The minimum atomic E-state index is -0.635. The number of fused-ring (bicyclic) bond motifs is 3. The number of rotatable bonds is 3. The summed E-state index contributed by atoms with van der Waals surface area (Å²) < 4.78 is 2.15. The van der Waals surface area contributed by atoms with Gasteiger partial charge in [0.05, 0.1) is 17.4 Å². The van der Waals surface area contributed by atoms with E-state index in [0.717, 1.165) is 42.7 Å². The normalized spacial score (nSPS) is 13.9. The Morgan fingerprint density at radius 1 is 1.16 bits per heavy atom. The van der Waals surface area contributed by atoms with E-state index in [1.165, 1.54) is 6.20 Å². The molecule has 1 aromatic carbocycles. The monoisotopic (exact) mass is 336 g/mol. The van der Waals surface area contributed by atoms with Crippen molar-refractivity contribution < 1.29 is 11.0 Å². The van der Waals surface area contributed by atoms with E-state index >= 15 is 0 Å². The maximum Gasteiger partial charge on any atom is 0.296 e. The number of hydrogen-bond acceptors (Lipinski definition) is 4. The van der Waals surface area contributed by atoms with Crippen LogP contribution >= 0.6 is 0 Å². The number of carbonyl (C=O) groups excluding carboxylic acids is 2. The molecule has 0 spiro atoms. The molecule has 0 saturated heterocycles. The number of ketones is 1. The van der Waals surface area contributed by atoms with Gasteiger partial charge in [-0.05, 0) is 18.2 Å². The molecule has 6 nitrogen and oxygen atoms in total. The largest absolute Gasteiger partial charge is 0.343 e. The smallest absolute Gasteiger partial charge is 0.296 e. The van der Waals surface area contributed by atoms with Crippen molar-refractivity contribution in [2.75, 3.05) is 18.4 Å². The zero-order valence-corrected chi connectivity index (χ0v) is 13.7. The maximum absolute atomic E-state index is 12.9. The molecular formula is C19H20N4O2. The van der Waals surface area contributed by atoms with Crippen LogP contribution in [0.5, 0.6) is 0 Å². The molecule has 25 heavy (non-hydrogen) atoms. The van der Waals surface area contributed by atoms with Crippen molar-refractivity contribution in [3.8, 4) is 0 Å². The van der Waals surface area contributed by atoms with Crippen LogP contribution in [0, 0.1) is 0 Å². The predicted molar refractivity (Wildman–Crippen MR) is 97.8 cm³/mol. The number of hydrogen-bond donors (Lipinski definition) is 2. The molecule has 0 aliphatic carbocycles. The van der Waals surface area contributed by atoms with Gasteiger partial charge < -0.3 is 15.2 Å². The van der Waals surface area contributed by atoms with E-state index in [4.69, 9.17) is 0 Å². The van der Waals surface area contributed by atoms with Crippen molar-refractivity contribution in [2.24, 2.45) is 0 Å². The first kappa shape index (κ1) is 15.5. The summed E-state index contributed by atoms with van der Waals surface area (Å²) in [6.45, 7) is 2.43. The van der Waals surface area contributed by atoms with Crippen molar-refractivity contribution in [2.45, 2.75) is 13.0 Å². The number of amides is 1. The van der Waals surface area contributed by atoms with Gasteiger partial charge in [0.25, 0.3) is 11.7 Å². The lowest BCUT2D eigenvalue weighted by molar-refractivity contribution is -0.112. The highest BCUT2D eigenvalue weighted by Crippen LogP contribution is 2.28. The summed E-state index contributed by atoms with van der Waals surface area (Å²) in [5, 5.41) is 6.82. The summed E-state index contributed by atoms with van der Waals surface area (Å²) in [7, 11) is 0. The van der Waals surface area contributed by atoms with Crippen LogP contribution in [-0.4, -0.2) is 34.3 Å². The summed E-state index contributed by atoms with van der Waals surface area (Å²) in [6, 6.07) is 11.2. The van der Waals surface area contributed by atoms with Crippen LogP contribution in [0.1, 0.15) is 17.5 Å². The van der Waals surface area contributed by atoms with Gasteiger partial charge in [0.2, 0.25) is 0 Å². The number of nitrogens with one attached hydrogen (secondary N) is 2. The van der Waals surface area contributed by atoms with Gasteiger partial charge in [0.15, 0.2) is 0 Å². The molecule has 0 bridgehead atoms. The van der Waals surface area contributed by atoms with Gasteiger partial charge in [-0.15, -0.1) is 0 Å². The Bertz CT molecular complexity index is 953. The van der Waals surface area contributed by atoms with Crippen LogP contribution in [0.15, 0.2) is 48.8 Å². The van der Waals surface area contributed by atoms with Crippen molar-refractivity contribution in [1.82, 2.24) is 14.9 Å². The first-order chi connectivity index (χ1) is 12.3. The van der Waals surface area contributed by atoms with E-state index in [-0.39, 0.29) is 1.43 Å². The molecular weight excluding hydrogens is 316 g/mol. The highest BCUT2D eigenvalue weighted by atomic mass is 16.2. The molecule has 6 heteroatoms. The third kappa shape index (κ3) is 2.81. The fourth-order valence-corrected chi connectivity index (χ4v) is 3.39. The first-order valence-electron chi connectivity index (χ1n) is 8.32. The molecule has 128 valence electrons. The molecule has 0 fully saturated rings. The van der Waals surface area contributed by atoms with Gasteiger partial charge in [-0.1, -0.05) is 18.2 Å². The summed E-state index contributed by atoms with van der Waals surface area (Å²) in [6.07, 6.45) is 3.86. The van der Waals surface area contributed by atoms with Gasteiger partial charge in [-0.2, -0.15) is 0 Å².